The number of ether oxygens (including phenoxy) is 2. The molecule has 7 nitrogen and oxygen atoms in total. The molecular formula is C22H19BrN2O5S2. The number of fused-ring (bicyclic) bond motifs is 1. The Hall–Kier alpha value is -2.69. The molecule has 1 aromatic carbocycles. The van der Waals surface area contributed by atoms with Gasteiger partial charge in [0.1, 0.15) is 6.04 Å². The number of nitrogens with zero attached hydrogens (tertiary/aromatic N) is 2. The molecule has 4 rings (SSSR count). The molecule has 3 aromatic rings. The molecule has 1 aliphatic rings. The predicted octanol–water partition coefficient (Wildman–Crippen LogP) is 3.34. The number of hydrogen-bond acceptors (Lipinski definition) is 8. The van der Waals surface area contributed by atoms with E-state index >= 15 is 0 Å². The van der Waals surface area contributed by atoms with Crippen LogP contribution in [0, 0.1) is 0 Å². The van der Waals surface area contributed by atoms with Gasteiger partial charge in [0.2, 0.25) is 0 Å². The molecule has 1 N–H and O–H groups in total. The average molecular weight is 535 g/mol. The van der Waals surface area contributed by atoms with Crippen molar-refractivity contribution in [3.63, 3.8) is 0 Å². The van der Waals surface area contributed by atoms with Gasteiger partial charge in [-0.05, 0) is 65.0 Å². The predicted molar refractivity (Wildman–Crippen MR) is 127 cm³/mol. The molecule has 0 saturated carbocycles. The molecule has 166 valence electrons. The van der Waals surface area contributed by atoms with Crippen LogP contribution in [0.5, 0.6) is 11.5 Å². The normalized spacial score (nSPS) is 16.0. The van der Waals surface area contributed by atoms with E-state index in [2.05, 4.69) is 20.9 Å². The number of thiazole rings is 1. The second-order valence-corrected chi connectivity index (χ2v) is 9.71. The molecule has 0 aliphatic carbocycles. The van der Waals surface area contributed by atoms with Crippen molar-refractivity contribution < 1.29 is 19.4 Å². The highest BCUT2D eigenvalue weighted by atomic mass is 79.9. The van der Waals surface area contributed by atoms with E-state index in [-0.39, 0.29) is 23.7 Å². The van der Waals surface area contributed by atoms with Crippen molar-refractivity contribution in [1.82, 2.24) is 4.57 Å². The number of phenols is 1. The highest BCUT2D eigenvalue weighted by molar-refractivity contribution is 9.10. The summed E-state index contributed by atoms with van der Waals surface area (Å²) in [5, 5.41) is 12.0. The number of aromatic hydroxyl groups is 1. The lowest BCUT2D eigenvalue weighted by atomic mass is 10.0. The first-order chi connectivity index (χ1) is 15.3. The summed E-state index contributed by atoms with van der Waals surface area (Å²) in [6.45, 7) is 3.73. The average Bonchev–Trinajstić information content (AvgIpc) is 3.38. The first-order valence-electron chi connectivity index (χ1n) is 9.65. The lowest BCUT2D eigenvalue weighted by Crippen LogP contribution is -2.39. The molecule has 0 bridgehead atoms. The number of methoxy groups -OCH3 is 1. The van der Waals surface area contributed by atoms with E-state index in [4.69, 9.17) is 9.47 Å². The third-order valence-electron chi connectivity index (χ3n) is 4.90. The molecule has 10 heteroatoms. The van der Waals surface area contributed by atoms with E-state index in [1.165, 1.54) is 29.8 Å². The standard InChI is InChI=1S/C22H19BrN2O5S2/c1-4-30-21(28)17-11(2)24-22-25(18(17)15-6-5-7-31-15)20(27)16(32-22)10-12-8-13(23)19(26)14(9-12)29-3/h5-10,18,26H,4H2,1-3H3/b16-10-. The van der Waals surface area contributed by atoms with E-state index in [9.17, 15) is 14.7 Å². The third kappa shape index (κ3) is 3.94. The Bertz CT molecular complexity index is 1400. The molecule has 32 heavy (non-hydrogen) atoms. The lowest BCUT2D eigenvalue weighted by Gasteiger charge is -2.23. The van der Waals surface area contributed by atoms with Crippen LogP contribution in [0.2, 0.25) is 0 Å². The number of hydrogen-bond donors (Lipinski definition) is 1. The number of allylic oxidation sites excluding steroid dienone is 1. The van der Waals surface area contributed by atoms with Gasteiger partial charge in [0, 0.05) is 4.88 Å². The van der Waals surface area contributed by atoms with E-state index in [1.807, 2.05) is 17.5 Å². The van der Waals surface area contributed by atoms with Crippen molar-refractivity contribution in [3.05, 3.63) is 75.5 Å². The largest absolute Gasteiger partial charge is 0.503 e. The molecule has 2 aromatic heterocycles. The Balaban J connectivity index is 1.93. The molecule has 0 amide bonds. The summed E-state index contributed by atoms with van der Waals surface area (Å²) < 4.78 is 12.9. The fraction of sp³-hybridized carbons (Fsp3) is 0.227. The minimum absolute atomic E-state index is 0.0153. The summed E-state index contributed by atoms with van der Waals surface area (Å²) >= 11 is 6.01. The van der Waals surface area contributed by atoms with E-state index in [0.29, 0.717) is 30.6 Å². The first-order valence-corrected chi connectivity index (χ1v) is 12.1. The summed E-state index contributed by atoms with van der Waals surface area (Å²) in [6, 6.07) is 6.51. The molecule has 3 heterocycles. The van der Waals surface area contributed by atoms with Gasteiger partial charge in [0.05, 0.1) is 34.0 Å². The van der Waals surface area contributed by atoms with Gasteiger partial charge in [0.15, 0.2) is 16.3 Å². The highest BCUT2D eigenvalue weighted by Gasteiger charge is 2.33. The molecule has 0 fully saturated rings. The zero-order valence-electron chi connectivity index (χ0n) is 17.4. The van der Waals surface area contributed by atoms with Crippen molar-refractivity contribution in [1.29, 1.82) is 0 Å². The summed E-state index contributed by atoms with van der Waals surface area (Å²) in [5.41, 5.74) is 1.31. The SMILES string of the molecule is CCOC(=O)C1=C(C)N=c2s/c(=C\c3cc(Br)c(O)c(OC)c3)c(=O)n2C1c1cccs1. The molecule has 1 aliphatic heterocycles. The second kappa shape index (κ2) is 9.05. The minimum Gasteiger partial charge on any atom is -0.503 e. The number of benzene rings is 1. The topological polar surface area (TPSA) is 90.1 Å². The number of halogens is 1. The van der Waals surface area contributed by atoms with Gasteiger partial charge in [-0.3, -0.25) is 9.36 Å². The molecule has 1 atom stereocenters. The Morgan fingerprint density at radius 3 is 2.84 bits per heavy atom. The molecule has 1 unspecified atom stereocenters. The van der Waals surface area contributed by atoms with E-state index in [1.54, 1.807) is 36.6 Å². The lowest BCUT2D eigenvalue weighted by molar-refractivity contribution is -0.139. The summed E-state index contributed by atoms with van der Waals surface area (Å²) in [7, 11) is 1.46. The highest BCUT2D eigenvalue weighted by Crippen LogP contribution is 2.36. The number of rotatable bonds is 5. The first kappa shape index (κ1) is 22.5. The van der Waals surface area contributed by atoms with Crippen molar-refractivity contribution in [2.75, 3.05) is 13.7 Å². The molecule has 0 radical (unpaired) electrons. The maximum atomic E-state index is 13.5. The monoisotopic (exact) mass is 534 g/mol. The van der Waals surface area contributed by atoms with E-state index < -0.39 is 12.0 Å². The fourth-order valence-electron chi connectivity index (χ4n) is 3.49. The van der Waals surface area contributed by atoms with Gasteiger partial charge in [-0.25, -0.2) is 9.79 Å². The Kier molecular flexibility index (Phi) is 6.36. The van der Waals surface area contributed by atoms with Gasteiger partial charge in [-0.2, -0.15) is 0 Å². The van der Waals surface area contributed by atoms with Crippen LogP contribution in [-0.4, -0.2) is 29.4 Å². The Morgan fingerprint density at radius 2 is 2.19 bits per heavy atom. The zero-order valence-corrected chi connectivity index (χ0v) is 20.6. The summed E-state index contributed by atoms with van der Waals surface area (Å²) in [4.78, 5) is 32.2. The van der Waals surface area contributed by atoms with Crippen molar-refractivity contribution in [2.45, 2.75) is 19.9 Å². The fourth-order valence-corrected chi connectivity index (χ4v) is 5.82. The van der Waals surface area contributed by atoms with Crippen LogP contribution in [-0.2, 0) is 9.53 Å². The van der Waals surface area contributed by atoms with Crippen LogP contribution in [0.15, 0.2) is 55.2 Å². The molecule has 0 spiro atoms. The van der Waals surface area contributed by atoms with Crippen molar-refractivity contribution in [3.8, 4) is 11.5 Å². The Morgan fingerprint density at radius 1 is 1.41 bits per heavy atom. The molecular weight excluding hydrogens is 516 g/mol. The maximum Gasteiger partial charge on any atom is 0.338 e. The summed E-state index contributed by atoms with van der Waals surface area (Å²) in [5.74, 6) is -0.206. The van der Waals surface area contributed by atoms with Crippen LogP contribution < -0.4 is 19.6 Å². The van der Waals surface area contributed by atoms with Crippen LogP contribution in [0.25, 0.3) is 6.08 Å². The number of thiophene rings is 1. The van der Waals surface area contributed by atoms with Crippen LogP contribution >= 0.6 is 38.6 Å². The second-order valence-electron chi connectivity index (χ2n) is 6.87. The summed E-state index contributed by atoms with van der Waals surface area (Å²) in [6.07, 6.45) is 1.71. The van der Waals surface area contributed by atoms with E-state index in [0.717, 1.165) is 4.88 Å². The van der Waals surface area contributed by atoms with Crippen LogP contribution in [0.4, 0.5) is 0 Å². The quantitative estimate of drug-likeness (QED) is 0.507. The van der Waals surface area contributed by atoms with Crippen LogP contribution in [0.1, 0.15) is 30.3 Å². The van der Waals surface area contributed by atoms with Crippen molar-refractivity contribution in [2.24, 2.45) is 4.99 Å². The molecule has 0 saturated heterocycles. The number of esters is 1. The number of carbonyl (C=O) groups is 1. The van der Waals surface area contributed by atoms with Gasteiger partial charge < -0.3 is 14.6 Å². The number of carbonyl (C=O) groups excluding carboxylic acids is 1. The smallest absolute Gasteiger partial charge is 0.338 e. The Labute approximate surface area is 199 Å². The van der Waals surface area contributed by atoms with Crippen LogP contribution in [0.3, 0.4) is 0 Å². The minimum atomic E-state index is -0.603. The van der Waals surface area contributed by atoms with Gasteiger partial charge in [-0.15, -0.1) is 11.3 Å². The van der Waals surface area contributed by atoms with Gasteiger partial charge in [-0.1, -0.05) is 17.4 Å². The zero-order chi connectivity index (χ0) is 23.0. The van der Waals surface area contributed by atoms with Gasteiger partial charge >= 0.3 is 5.97 Å². The maximum absolute atomic E-state index is 13.5. The number of phenolic OH excluding ortho intramolecular Hbond substituents is 1. The number of aromatic nitrogens is 1. The third-order valence-corrected chi connectivity index (χ3v) is 7.41. The van der Waals surface area contributed by atoms with Gasteiger partial charge in [0.25, 0.3) is 5.56 Å². The van der Waals surface area contributed by atoms with Crippen molar-refractivity contribution >= 4 is 50.6 Å².